The third-order valence-corrected chi connectivity index (χ3v) is 5.18. The number of nitrogens with one attached hydrogen (secondary N) is 3. The molecule has 0 aliphatic carbocycles. The summed E-state index contributed by atoms with van der Waals surface area (Å²) in [6.07, 6.45) is 1.91. The molecule has 11 nitrogen and oxygen atoms in total. The molecule has 196 valence electrons. The number of rotatable bonds is 4. The molecule has 0 unspecified atom stereocenters. The van der Waals surface area contributed by atoms with Crippen LogP contribution in [-0.2, 0) is 9.59 Å². The first-order chi connectivity index (χ1) is 17.9. The van der Waals surface area contributed by atoms with Gasteiger partial charge in [0.25, 0.3) is 10.9 Å². The molecule has 5 aromatic rings. The minimum atomic E-state index is -0.962. The zero-order chi connectivity index (χ0) is 28.1. The molecule has 38 heavy (non-hydrogen) atoms. The van der Waals surface area contributed by atoms with E-state index in [9.17, 15) is 28.8 Å². The van der Waals surface area contributed by atoms with Gasteiger partial charge in [-0.3, -0.25) is 28.8 Å². The lowest BCUT2D eigenvalue weighted by Gasteiger charge is -2.08. The highest BCUT2D eigenvalue weighted by molar-refractivity contribution is 5.84. The summed E-state index contributed by atoms with van der Waals surface area (Å²) in [6, 6.07) is 11.4. The third-order valence-electron chi connectivity index (χ3n) is 5.18. The van der Waals surface area contributed by atoms with Crippen molar-refractivity contribution in [2.75, 3.05) is 0 Å². The molecular weight excluding hydrogens is 494 g/mol. The van der Waals surface area contributed by atoms with E-state index < -0.39 is 45.2 Å². The van der Waals surface area contributed by atoms with Gasteiger partial charge in [-0.25, -0.2) is 0 Å². The van der Waals surface area contributed by atoms with E-state index in [4.69, 9.17) is 0 Å². The summed E-state index contributed by atoms with van der Waals surface area (Å²) in [5.74, 6) is -2.52. The van der Waals surface area contributed by atoms with Crippen LogP contribution in [0.15, 0.2) is 61.8 Å². The number of carbonyl (C=O) groups excluding carboxylic acids is 2. The molecule has 0 saturated heterocycles. The highest BCUT2D eigenvalue weighted by Crippen LogP contribution is 2.27. The van der Waals surface area contributed by atoms with Gasteiger partial charge in [0.1, 0.15) is 0 Å². The maximum absolute atomic E-state index is 11.7. The fourth-order valence-corrected chi connectivity index (χ4v) is 3.45. The molecular formula is C27H25N3O8. The lowest BCUT2D eigenvalue weighted by Crippen LogP contribution is -2.35. The van der Waals surface area contributed by atoms with E-state index in [1.54, 1.807) is 0 Å². The van der Waals surface area contributed by atoms with Gasteiger partial charge in [-0.2, -0.15) is 0 Å². The molecule has 5 rings (SSSR count). The van der Waals surface area contributed by atoms with Gasteiger partial charge in [0.05, 0.1) is 22.5 Å². The van der Waals surface area contributed by atoms with Crippen LogP contribution in [-0.4, -0.2) is 26.9 Å². The Morgan fingerprint density at radius 1 is 0.605 bits per heavy atom. The first-order valence-electron chi connectivity index (χ1n) is 11.4. The van der Waals surface area contributed by atoms with Gasteiger partial charge >= 0.3 is 11.9 Å². The molecule has 0 amide bonds. The van der Waals surface area contributed by atoms with Crippen molar-refractivity contribution in [2.45, 2.75) is 34.6 Å². The van der Waals surface area contributed by atoms with Crippen molar-refractivity contribution in [2.24, 2.45) is 0 Å². The summed E-state index contributed by atoms with van der Waals surface area (Å²) < 4.78 is 8.75. The van der Waals surface area contributed by atoms with E-state index >= 15 is 0 Å². The summed E-state index contributed by atoms with van der Waals surface area (Å²) in [6.45, 7) is 7.98. The number of hydrogen-bond donors (Lipinski definition) is 3. The lowest BCUT2D eigenvalue weighted by atomic mass is 9.96. The molecule has 0 radical (unpaired) electrons. The Hall–Kier alpha value is -5.06. The van der Waals surface area contributed by atoms with Crippen LogP contribution in [0.5, 0.6) is 11.5 Å². The average molecular weight is 520 g/mol. The largest absolute Gasteiger partial charge is 0.418 e. The second-order valence-electron chi connectivity index (χ2n) is 8.38. The first-order valence-corrected chi connectivity index (χ1v) is 11.4. The molecule has 2 aromatic carbocycles. The summed E-state index contributed by atoms with van der Waals surface area (Å²) in [5, 5.41) is 0. The predicted molar refractivity (Wildman–Crippen MR) is 140 cm³/mol. The molecule has 3 aromatic heterocycles. The van der Waals surface area contributed by atoms with Crippen molar-refractivity contribution in [3.8, 4) is 34.0 Å². The zero-order valence-corrected chi connectivity index (χ0v) is 21.3. The lowest BCUT2D eigenvalue weighted by molar-refractivity contribution is -0.135. The number of aromatic amines is 3. The molecule has 11 heteroatoms. The Bertz CT molecular complexity index is 1620. The maximum atomic E-state index is 11.7. The van der Waals surface area contributed by atoms with Crippen molar-refractivity contribution < 1.29 is 19.1 Å². The zero-order valence-electron chi connectivity index (χ0n) is 21.3. The number of aromatic nitrogens is 3. The minimum Gasteiger partial charge on any atom is -0.418 e. The number of aryl methyl sites for hydroxylation is 3. The van der Waals surface area contributed by atoms with Crippen LogP contribution in [0.25, 0.3) is 22.5 Å². The van der Waals surface area contributed by atoms with Crippen molar-refractivity contribution >= 4 is 11.9 Å². The third kappa shape index (κ3) is 6.01. The fourth-order valence-electron chi connectivity index (χ4n) is 3.45. The second-order valence-corrected chi connectivity index (χ2v) is 8.38. The number of ether oxygens (including phenoxy) is 2. The number of H-pyrrole nitrogens is 3. The maximum Gasteiger partial charge on any atom is 0.308 e. The molecule has 0 fully saturated rings. The van der Waals surface area contributed by atoms with E-state index in [0.29, 0.717) is 22.5 Å². The molecule has 0 aliphatic rings. The molecule has 0 saturated carbocycles. The van der Waals surface area contributed by atoms with Crippen molar-refractivity contribution in [1.29, 1.82) is 0 Å². The Balaban J connectivity index is 0.000000177. The highest BCUT2D eigenvalue weighted by Gasteiger charge is 2.27. The van der Waals surface area contributed by atoms with Crippen molar-refractivity contribution in [3.63, 3.8) is 0 Å². The van der Waals surface area contributed by atoms with Crippen molar-refractivity contribution in [3.05, 3.63) is 101 Å². The van der Waals surface area contributed by atoms with Crippen LogP contribution in [0.4, 0.5) is 0 Å². The van der Waals surface area contributed by atoms with Gasteiger partial charge in [-0.15, -0.1) is 0 Å². The summed E-state index contributed by atoms with van der Waals surface area (Å²) in [4.78, 5) is 75.2. The molecule has 0 aliphatic heterocycles. The average Bonchev–Trinajstić information content (AvgIpc) is 3.62. The van der Waals surface area contributed by atoms with E-state index in [1.807, 2.05) is 63.4 Å². The number of esters is 2. The van der Waals surface area contributed by atoms with Gasteiger partial charge in [-0.05, 0) is 57.2 Å². The molecule has 3 N–H and O–H groups in total. The van der Waals surface area contributed by atoms with E-state index in [1.165, 1.54) is 5.69 Å². The summed E-state index contributed by atoms with van der Waals surface area (Å²) in [7, 11) is 0. The van der Waals surface area contributed by atoms with Crippen LogP contribution in [0, 0.1) is 20.8 Å². The molecule has 0 bridgehead atoms. The topological polar surface area (TPSA) is 168 Å². The molecule has 0 atom stereocenters. The van der Waals surface area contributed by atoms with Gasteiger partial charge in [-0.1, -0.05) is 0 Å². The minimum absolute atomic E-state index is 0.417. The summed E-state index contributed by atoms with van der Waals surface area (Å²) >= 11 is 0. The predicted octanol–water partition coefficient (Wildman–Crippen LogP) is 2.35. The number of carbonyl (C=O) groups is 2. The van der Waals surface area contributed by atoms with E-state index in [2.05, 4.69) is 24.4 Å². The number of hydrogen-bond acceptors (Lipinski definition) is 8. The van der Waals surface area contributed by atoms with Gasteiger partial charge in [0.2, 0.25) is 22.4 Å². The quantitative estimate of drug-likeness (QED) is 0.240. The standard InChI is InChI=1S/C14H12N2O2.C8H6O6.C5H7N/c1-7-3-5-9(15-7)11-12(14(18)13(11)17)10-6-4-8(2)16-10;1-3(9)13-7-5(11)6(12)8(7)14-4(2)10;1-5-3-2-4-6-5/h3-6,15-16H,1-2H3;1-2H3;2-4,6H,1H3. The smallest absolute Gasteiger partial charge is 0.308 e. The van der Waals surface area contributed by atoms with E-state index in [0.717, 1.165) is 25.2 Å². The Labute approximate surface area is 215 Å². The van der Waals surface area contributed by atoms with Crippen LogP contribution >= 0.6 is 0 Å². The Morgan fingerprint density at radius 3 is 1.26 bits per heavy atom. The highest BCUT2D eigenvalue weighted by atomic mass is 16.6. The molecule has 0 spiro atoms. The Morgan fingerprint density at radius 2 is 1.03 bits per heavy atom. The fraction of sp³-hybridized carbons (Fsp3) is 0.185. The van der Waals surface area contributed by atoms with E-state index in [-0.39, 0.29) is 0 Å². The van der Waals surface area contributed by atoms with Gasteiger partial charge in [0.15, 0.2) is 0 Å². The second kappa shape index (κ2) is 11.3. The van der Waals surface area contributed by atoms with Gasteiger partial charge < -0.3 is 24.4 Å². The molecule has 3 heterocycles. The van der Waals surface area contributed by atoms with Crippen LogP contribution in [0.1, 0.15) is 30.9 Å². The van der Waals surface area contributed by atoms with Gasteiger partial charge in [0, 0.05) is 37.1 Å². The Kier molecular flexibility index (Phi) is 8.21. The van der Waals surface area contributed by atoms with Crippen LogP contribution in [0.3, 0.4) is 0 Å². The first kappa shape index (κ1) is 27.5. The van der Waals surface area contributed by atoms with Crippen LogP contribution < -0.4 is 31.2 Å². The normalized spacial score (nSPS) is 10.3. The SMILES string of the molecule is CC(=O)Oc1c(OC(C)=O)c(=O)c1=O.Cc1ccc(-c2c(-c3ccc(C)[nH]3)c(=O)c2=O)[nH]1.Cc1ccc[nH]1. The van der Waals surface area contributed by atoms with Crippen molar-refractivity contribution in [1.82, 2.24) is 15.0 Å². The van der Waals surface area contributed by atoms with Crippen LogP contribution in [0.2, 0.25) is 0 Å². The monoisotopic (exact) mass is 519 g/mol. The summed E-state index contributed by atoms with van der Waals surface area (Å²) in [5.41, 5.74) is 2.77.